The molecule has 53 heavy (non-hydrogen) atoms. The van der Waals surface area contributed by atoms with E-state index in [9.17, 15) is 4.79 Å². The van der Waals surface area contributed by atoms with Crippen LogP contribution in [0.15, 0.2) is 48.0 Å². The van der Waals surface area contributed by atoms with E-state index in [0.717, 1.165) is 78.7 Å². The zero-order valence-corrected chi connectivity index (χ0v) is 34.0. The minimum Gasteiger partial charge on any atom is -0.491 e. The average molecular weight is 741 g/mol. The standard InChI is InChI=1S/C23H34O5.C21H34O4/c1-6-26-22(24)13-18-8-11-19(12-9-18)23(27-15-25-5)20-10-7-17(4)21(14-20)28-16(2)3;1-15(2)25-20-13-19(8-5-16(20)3)21(24-14-23-4)18-9-6-17(7-10-18)11-12-22/h7,10,13-14,16,19,23H,6,8-9,11-12,15H2,1-5H3;5,8,13,15,17-18,21-22H,6-7,9-12,14H2,1-4H3. The second kappa shape index (κ2) is 23.8. The van der Waals surface area contributed by atoms with Crippen molar-refractivity contribution < 1.29 is 43.1 Å². The topological polar surface area (TPSA) is 102 Å². The number of aryl methyl sites for hydroxylation is 2. The molecule has 0 radical (unpaired) electrons. The maximum atomic E-state index is 11.7. The van der Waals surface area contributed by atoms with Crippen molar-refractivity contribution in [2.45, 2.75) is 131 Å². The number of hydrogen-bond donors (Lipinski definition) is 1. The number of aliphatic hydroxyl groups is 1. The summed E-state index contributed by atoms with van der Waals surface area (Å²) in [5.74, 6) is 3.10. The van der Waals surface area contributed by atoms with Gasteiger partial charge in [-0.2, -0.15) is 0 Å². The van der Waals surface area contributed by atoms with Crippen molar-refractivity contribution in [3.8, 4) is 11.5 Å². The third-order valence-corrected chi connectivity index (χ3v) is 10.1. The van der Waals surface area contributed by atoms with Crippen LogP contribution in [0.5, 0.6) is 11.5 Å². The van der Waals surface area contributed by atoms with E-state index in [1.807, 2.05) is 34.6 Å². The van der Waals surface area contributed by atoms with Crippen LogP contribution in [0.25, 0.3) is 0 Å². The summed E-state index contributed by atoms with van der Waals surface area (Å²) in [5, 5.41) is 9.16. The van der Waals surface area contributed by atoms with Gasteiger partial charge in [-0.15, -0.1) is 0 Å². The second-order valence-corrected chi connectivity index (χ2v) is 15.1. The van der Waals surface area contributed by atoms with E-state index in [1.165, 1.54) is 18.4 Å². The highest BCUT2D eigenvalue weighted by Gasteiger charge is 2.30. The zero-order valence-electron chi connectivity index (χ0n) is 34.0. The number of esters is 1. The van der Waals surface area contributed by atoms with E-state index in [1.54, 1.807) is 20.3 Å². The van der Waals surface area contributed by atoms with Crippen molar-refractivity contribution in [1.82, 2.24) is 0 Å². The summed E-state index contributed by atoms with van der Waals surface area (Å²) >= 11 is 0. The first kappa shape index (κ1) is 44.4. The lowest BCUT2D eigenvalue weighted by Crippen LogP contribution is -2.24. The van der Waals surface area contributed by atoms with Crippen molar-refractivity contribution in [2.24, 2.45) is 17.8 Å². The van der Waals surface area contributed by atoms with Gasteiger partial charge in [-0.1, -0.05) is 29.8 Å². The van der Waals surface area contributed by atoms with Gasteiger partial charge in [-0.05, 0) is 158 Å². The van der Waals surface area contributed by atoms with Crippen molar-refractivity contribution in [3.63, 3.8) is 0 Å². The summed E-state index contributed by atoms with van der Waals surface area (Å²) in [6.45, 7) is 15.4. The second-order valence-electron chi connectivity index (χ2n) is 15.1. The maximum absolute atomic E-state index is 11.7. The van der Waals surface area contributed by atoms with Gasteiger partial charge in [0.25, 0.3) is 0 Å². The number of hydrogen-bond acceptors (Lipinski definition) is 9. The number of allylic oxidation sites excluding steroid dienone is 1. The van der Waals surface area contributed by atoms with E-state index in [0.29, 0.717) is 37.8 Å². The van der Waals surface area contributed by atoms with Gasteiger partial charge in [0.2, 0.25) is 0 Å². The molecule has 2 aliphatic rings. The van der Waals surface area contributed by atoms with Gasteiger partial charge >= 0.3 is 5.97 Å². The van der Waals surface area contributed by atoms with Gasteiger partial charge in [0.15, 0.2) is 0 Å². The third-order valence-electron chi connectivity index (χ3n) is 10.1. The summed E-state index contributed by atoms with van der Waals surface area (Å²) < 4.78 is 39.5. The van der Waals surface area contributed by atoms with E-state index in [4.69, 9.17) is 38.3 Å². The third kappa shape index (κ3) is 15.0. The predicted molar refractivity (Wildman–Crippen MR) is 209 cm³/mol. The van der Waals surface area contributed by atoms with E-state index >= 15 is 0 Å². The molecule has 2 aromatic rings. The maximum Gasteiger partial charge on any atom is 0.330 e. The average Bonchev–Trinajstić information content (AvgIpc) is 3.12. The molecule has 2 fully saturated rings. The summed E-state index contributed by atoms with van der Waals surface area (Å²) in [5.41, 5.74) is 5.71. The molecule has 0 heterocycles. The number of methoxy groups -OCH3 is 2. The van der Waals surface area contributed by atoms with Crippen LogP contribution in [0.4, 0.5) is 0 Å². The molecular weight excluding hydrogens is 672 g/mol. The number of ether oxygens (including phenoxy) is 7. The largest absolute Gasteiger partial charge is 0.491 e. The lowest BCUT2D eigenvalue weighted by molar-refractivity contribution is -0.137. The Kier molecular flexibility index (Phi) is 19.9. The summed E-state index contributed by atoms with van der Waals surface area (Å²) in [6, 6.07) is 12.7. The molecule has 4 rings (SSSR count). The Hall–Kier alpha value is -2.95. The number of benzene rings is 2. The molecular formula is C44H68O9. The highest BCUT2D eigenvalue weighted by atomic mass is 16.7. The van der Waals surface area contributed by atoms with Gasteiger partial charge in [-0.25, -0.2) is 4.79 Å². The normalized spacial score (nSPS) is 20.0. The molecule has 0 spiro atoms. The van der Waals surface area contributed by atoms with Gasteiger partial charge in [-0.3, -0.25) is 0 Å². The molecule has 1 N–H and O–H groups in total. The molecule has 2 saturated carbocycles. The van der Waals surface area contributed by atoms with E-state index in [-0.39, 0.29) is 37.2 Å². The van der Waals surface area contributed by atoms with Crippen molar-refractivity contribution >= 4 is 5.97 Å². The monoisotopic (exact) mass is 740 g/mol. The summed E-state index contributed by atoms with van der Waals surface area (Å²) in [4.78, 5) is 11.7. The Morgan fingerprint density at radius 3 is 1.64 bits per heavy atom. The Labute approximate surface area is 319 Å². The molecule has 0 aromatic heterocycles. The van der Waals surface area contributed by atoms with Gasteiger partial charge in [0, 0.05) is 26.9 Å². The first-order valence-electron chi connectivity index (χ1n) is 19.7. The lowest BCUT2D eigenvalue weighted by Gasteiger charge is -2.34. The first-order valence-corrected chi connectivity index (χ1v) is 19.7. The molecule has 0 saturated heterocycles. The summed E-state index contributed by atoms with van der Waals surface area (Å²) in [7, 11) is 3.30. The number of rotatable bonds is 18. The Morgan fingerprint density at radius 2 is 1.23 bits per heavy atom. The molecule has 2 atom stereocenters. The fourth-order valence-corrected chi connectivity index (χ4v) is 7.41. The fourth-order valence-electron chi connectivity index (χ4n) is 7.41. The van der Waals surface area contributed by atoms with Crippen LogP contribution in [-0.4, -0.2) is 64.3 Å². The van der Waals surface area contributed by atoms with Gasteiger partial charge in [0.05, 0.1) is 31.0 Å². The lowest BCUT2D eigenvalue weighted by atomic mass is 9.76. The number of carbonyl (C=O) groups is 1. The fraction of sp³-hybridized carbons (Fsp3) is 0.659. The van der Waals surface area contributed by atoms with Crippen molar-refractivity contribution in [1.29, 1.82) is 0 Å². The molecule has 0 bridgehead atoms. The highest BCUT2D eigenvalue weighted by molar-refractivity contribution is 5.82. The van der Waals surface area contributed by atoms with Crippen LogP contribution in [-0.2, 0) is 28.5 Å². The van der Waals surface area contributed by atoms with E-state index < -0.39 is 0 Å². The van der Waals surface area contributed by atoms with Crippen LogP contribution >= 0.6 is 0 Å². The molecule has 0 aliphatic heterocycles. The first-order chi connectivity index (χ1) is 25.5. The minimum absolute atomic E-state index is 0.0325. The van der Waals surface area contributed by atoms with Gasteiger partial charge < -0.3 is 38.3 Å². The van der Waals surface area contributed by atoms with Crippen LogP contribution in [0.3, 0.4) is 0 Å². The van der Waals surface area contributed by atoms with Crippen LogP contribution in [0.2, 0.25) is 0 Å². The Morgan fingerprint density at radius 1 is 0.755 bits per heavy atom. The molecule has 2 aliphatic carbocycles. The SMILES string of the molecule is CCOC(=O)C=C1CCC(C(OCOC)c2ccc(C)c(OC(C)C)c2)CC1.COCOC(c1ccc(C)c(OC(C)C)c1)C1CCC(CCO)CC1. The Balaban J connectivity index is 0.000000287. The van der Waals surface area contributed by atoms with E-state index in [2.05, 4.69) is 50.2 Å². The molecule has 9 heteroatoms. The molecule has 2 unspecified atom stereocenters. The molecule has 0 amide bonds. The highest BCUT2D eigenvalue weighted by Crippen LogP contribution is 2.42. The molecule has 9 nitrogen and oxygen atoms in total. The van der Waals surface area contributed by atoms with Crippen molar-refractivity contribution in [2.75, 3.05) is 41.0 Å². The smallest absolute Gasteiger partial charge is 0.330 e. The predicted octanol–water partition coefficient (Wildman–Crippen LogP) is 9.76. The number of carbonyl (C=O) groups excluding carboxylic acids is 1. The molecule has 298 valence electrons. The van der Waals surface area contributed by atoms with Crippen LogP contribution in [0, 0.1) is 31.6 Å². The minimum atomic E-state index is -0.239. The van der Waals surface area contributed by atoms with Gasteiger partial charge in [0.1, 0.15) is 25.1 Å². The van der Waals surface area contributed by atoms with Crippen molar-refractivity contribution in [3.05, 3.63) is 70.3 Å². The zero-order chi connectivity index (χ0) is 38.8. The van der Waals surface area contributed by atoms with Crippen LogP contribution in [0.1, 0.15) is 127 Å². The number of aliphatic hydroxyl groups excluding tert-OH is 1. The summed E-state index contributed by atoms with van der Waals surface area (Å²) in [6.07, 6.45) is 11.1. The Bertz CT molecular complexity index is 1370. The van der Waals surface area contributed by atoms with Crippen LogP contribution < -0.4 is 9.47 Å². The quantitative estimate of drug-likeness (QED) is 0.0909. The molecule has 2 aromatic carbocycles.